The molecule has 158 valence electrons. The van der Waals surface area contributed by atoms with E-state index in [0.29, 0.717) is 48.4 Å². The number of H-pyrrole nitrogens is 1. The minimum Gasteiger partial charge on any atom is -0.438 e. The predicted molar refractivity (Wildman–Crippen MR) is 111 cm³/mol. The van der Waals surface area contributed by atoms with Gasteiger partial charge in [-0.2, -0.15) is 0 Å². The van der Waals surface area contributed by atoms with E-state index in [2.05, 4.69) is 15.3 Å². The molecule has 1 aliphatic rings. The number of nitrogens with two attached hydrogens (primary N) is 1. The number of hydrogen-bond acceptors (Lipinski definition) is 8. The third-order valence-corrected chi connectivity index (χ3v) is 5.79. The van der Waals surface area contributed by atoms with Crippen LogP contribution in [0.2, 0.25) is 0 Å². The molecule has 0 aliphatic carbocycles. The molecule has 1 fully saturated rings. The van der Waals surface area contributed by atoms with Crippen molar-refractivity contribution in [3.8, 4) is 6.01 Å². The molecule has 0 bridgehead atoms. The Morgan fingerprint density at radius 1 is 1.41 bits per heavy atom. The Morgan fingerprint density at radius 3 is 2.76 bits per heavy atom. The summed E-state index contributed by atoms with van der Waals surface area (Å²) in [7, 11) is -3.36. The van der Waals surface area contributed by atoms with Crippen LogP contribution in [0.3, 0.4) is 0 Å². The van der Waals surface area contributed by atoms with Crippen molar-refractivity contribution < 1.29 is 23.2 Å². The quantitative estimate of drug-likeness (QED) is 0.598. The first-order valence-corrected chi connectivity index (χ1v) is 11.4. The Morgan fingerprint density at radius 2 is 2.14 bits per heavy atom. The lowest BCUT2D eigenvalue weighted by molar-refractivity contribution is -0.387. The molecule has 0 radical (unpaired) electrons. The maximum Gasteiger partial charge on any atom is 0.434 e. The molecule has 2 aromatic rings. The van der Waals surface area contributed by atoms with Crippen molar-refractivity contribution in [1.82, 2.24) is 4.98 Å². The molecule has 0 saturated carbocycles. The molecular weight excluding hydrogens is 394 g/mol. The van der Waals surface area contributed by atoms with Gasteiger partial charge in [-0.1, -0.05) is 18.2 Å². The molecule has 1 aromatic carbocycles. The molecule has 1 saturated heterocycles. The summed E-state index contributed by atoms with van der Waals surface area (Å²) in [6.07, 6.45) is 1.32. The number of hydrogen-bond donors (Lipinski definition) is 3. The summed E-state index contributed by atoms with van der Waals surface area (Å²) in [5.41, 5.74) is 7.34. The van der Waals surface area contributed by atoms with E-state index in [0.717, 1.165) is 0 Å². The Bertz CT molecular complexity index is 981. The van der Waals surface area contributed by atoms with Crippen molar-refractivity contribution >= 4 is 27.2 Å². The van der Waals surface area contributed by atoms with E-state index in [1.54, 1.807) is 24.3 Å². The van der Waals surface area contributed by atoms with Crippen LogP contribution in [-0.4, -0.2) is 50.1 Å². The van der Waals surface area contributed by atoms with E-state index in [1.165, 1.54) is 6.26 Å². The van der Waals surface area contributed by atoms with Crippen LogP contribution >= 0.6 is 0 Å². The first-order valence-electron chi connectivity index (χ1n) is 9.49. The van der Waals surface area contributed by atoms with Crippen molar-refractivity contribution in [1.29, 1.82) is 0 Å². The molecule has 5 N–H and O–H groups in total. The first-order chi connectivity index (χ1) is 13.6. The van der Waals surface area contributed by atoms with Crippen molar-refractivity contribution in [2.24, 2.45) is 0 Å². The van der Waals surface area contributed by atoms with Crippen LogP contribution < -0.4 is 25.7 Å². The monoisotopic (exact) mass is 422 g/mol. The van der Waals surface area contributed by atoms with Crippen LogP contribution in [0.4, 0.5) is 17.3 Å². The minimum atomic E-state index is -3.36. The highest BCUT2D eigenvalue weighted by atomic mass is 32.2. The van der Waals surface area contributed by atoms with Gasteiger partial charge in [0.15, 0.2) is 15.5 Å². The average Bonchev–Trinajstić information content (AvgIpc) is 3.07. The number of aliphatic hydroxyl groups is 1. The van der Waals surface area contributed by atoms with Crippen LogP contribution in [0.25, 0.3) is 0 Å². The SMILES string of the molecule is CC(C)Oc1nc(NCc2ccccc2S(C)(=O)=O)c(N)c(N2CCC(O)C2)[nH+]1. The second-order valence-electron chi connectivity index (χ2n) is 7.44. The largest absolute Gasteiger partial charge is 0.438 e. The summed E-state index contributed by atoms with van der Waals surface area (Å²) in [5, 5.41) is 13.0. The van der Waals surface area contributed by atoms with Gasteiger partial charge >= 0.3 is 6.01 Å². The third kappa shape index (κ3) is 5.07. The highest BCUT2D eigenvalue weighted by molar-refractivity contribution is 7.90. The number of nitrogen functional groups attached to an aromatic ring is 1. The molecular formula is C19H28N5O4S+. The fraction of sp³-hybridized carbons (Fsp3) is 0.474. The number of benzene rings is 1. The van der Waals surface area contributed by atoms with Gasteiger partial charge in [0, 0.05) is 19.2 Å². The van der Waals surface area contributed by atoms with Gasteiger partial charge in [0.1, 0.15) is 0 Å². The molecule has 1 aromatic heterocycles. The number of sulfone groups is 1. The van der Waals surface area contributed by atoms with Crippen LogP contribution in [0.5, 0.6) is 6.01 Å². The van der Waals surface area contributed by atoms with E-state index < -0.39 is 15.9 Å². The summed E-state index contributed by atoms with van der Waals surface area (Å²) < 4.78 is 29.8. The molecule has 1 aliphatic heterocycles. The summed E-state index contributed by atoms with van der Waals surface area (Å²) in [5.74, 6) is 1.00. The van der Waals surface area contributed by atoms with Crippen molar-refractivity contribution in [3.05, 3.63) is 29.8 Å². The second-order valence-corrected chi connectivity index (χ2v) is 9.43. The second kappa shape index (κ2) is 8.42. The number of aromatic amines is 1. The van der Waals surface area contributed by atoms with Gasteiger partial charge in [0.25, 0.3) is 5.82 Å². The summed E-state index contributed by atoms with van der Waals surface area (Å²) in [6, 6.07) is 7.09. The van der Waals surface area contributed by atoms with Gasteiger partial charge in [-0.05, 0) is 30.5 Å². The Hall–Kier alpha value is -2.59. The Labute approximate surface area is 170 Å². The van der Waals surface area contributed by atoms with Crippen molar-refractivity contribution in [2.45, 2.75) is 43.9 Å². The maximum absolute atomic E-state index is 12.0. The van der Waals surface area contributed by atoms with Crippen LogP contribution in [-0.2, 0) is 16.4 Å². The normalized spacial score (nSPS) is 17.0. The number of nitrogens with one attached hydrogen (secondary N) is 2. The number of β-amino-alcohol motifs (C(OH)–C–C–N with tert-alkyl or cyclic N) is 1. The Kier molecular flexibility index (Phi) is 6.13. The summed E-state index contributed by atoms with van der Waals surface area (Å²) in [4.78, 5) is 9.73. The molecule has 3 rings (SSSR count). The minimum absolute atomic E-state index is 0.0989. The van der Waals surface area contributed by atoms with Gasteiger partial charge in [-0.25, -0.2) is 13.4 Å². The van der Waals surface area contributed by atoms with Crippen LogP contribution in [0.15, 0.2) is 29.2 Å². The maximum atomic E-state index is 12.0. The highest BCUT2D eigenvalue weighted by Crippen LogP contribution is 2.29. The molecule has 0 amide bonds. The van der Waals surface area contributed by atoms with E-state index >= 15 is 0 Å². The lowest BCUT2D eigenvalue weighted by Crippen LogP contribution is -2.31. The van der Waals surface area contributed by atoms with E-state index in [4.69, 9.17) is 10.5 Å². The fourth-order valence-corrected chi connectivity index (χ4v) is 4.21. The molecule has 2 heterocycles. The van der Waals surface area contributed by atoms with E-state index in [-0.39, 0.29) is 17.5 Å². The molecule has 0 spiro atoms. The first kappa shape index (κ1) is 21.1. The number of nitrogens with zero attached hydrogens (tertiary/aromatic N) is 2. The predicted octanol–water partition coefficient (Wildman–Crippen LogP) is 0.852. The number of rotatable bonds is 7. The van der Waals surface area contributed by atoms with Crippen molar-refractivity contribution in [2.75, 3.05) is 35.3 Å². The summed E-state index contributed by atoms with van der Waals surface area (Å²) >= 11 is 0. The molecule has 1 atom stereocenters. The number of aromatic nitrogens is 2. The van der Waals surface area contributed by atoms with Gasteiger partial charge in [0.05, 0.1) is 30.2 Å². The zero-order chi connectivity index (χ0) is 21.2. The average molecular weight is 423 g/mol. The van der Waals surface area contributed by atoms with E-state index in [9.17, 15) is 13.5 Å². The molecule has 9 nitrogen and oxygen atoms in total. The van der Waals surface area contributed by atoms with Gasteiger partial charge in [-0.15, -0.1) is 0 Å². The van der Waals surface area contributed by atoms with Crippen LogP contribution in [0, 0.1) is 0 Å². The topological polar surface area (TPSA) is 132 Å². The van der Waals surface area contributed by atoms with Crippen LogP contribution in [0.1, 0.15) is 25.8 Å². The standard InChI is InChI=1S/C19H27N5O4S/c1-12(2)28-19-22-17(16(20)18(23-19)24-9-8-14(25)11-24)21-10-13-6-4-5-7-15(13)29(3,26)27/h4-7,12,14,25H,8-11,20H2,1-3H3,(H,21,22,23)/p+1. The van der Waals surface area contributed by atoms with Gasteiger partial charge < -0.3 is 20.9 Å². The molecule has 1 unspecified atom stereocenters. The molecule has 29 heavy (non-hydrogen) atoms. The Balaban J connectivity index is 1.92. The zero-order valence-electron chi connectivity index (χ0n) is 16.8. The van der Waals surface area contributed by atoms with Gasteiger partial charge in [0.2, 0.25) is 5.82 Å². The molecule has 10 heteroatoms. The summed E-state index contributed by atoms with van der Waals surface area (Å²) in [6.45, 7) is 5.13. The van der Waals surface area contributed by atoms with Gasteiger partial charge in [-0.3, -0.25) is 4.90 Å². The zero-order valence-corrected chi connectivity index (χ0v) is 17.7. The number of ether oxygens (including phenoxy) is 1. The smallest absolute Gasteiger partial charge is 0.434 e. The lowest BCUT2D eigenvalue weighted by atomic mass is 10.2. The van der Waals surface area contributed by atoms with Crippen molar-refractivity contribution in [3.63, 3.8) is 0 Å². The number of aliphatic hydroxyl groups excluding tert-OH is 1. The highest BCUT2D eigenvalue weighted by Gasteiger charge is 2.31. The number of anilines is 3. The lowest BCUT2D eigenvalue weighted by Gasteiger charge is -2.17. The fourth-order valence-electron chi connectivity index (χ4n) is 3.27. The van der Waals surface area contributed by atoms with E-state index in [1.807, 2.05) is 18.7 Å². The third-order valence-electron chi connectivity index (χ3n) is 4.59.